The molecule has 0 unspecified atom stereocenters. The summed E-state index contributed by atoms with van der Waals surface area (Å²) >= 11 is 0. The maximum Gasteiger partial charge on any atom is 0.121 e. The van der Waals surface area contributed by atoms with Gasteiger partial charge >= 0.3 is 0 Å². The molecular weight excluding hydrogens is 228 g/mol. The average molecular weight is 252 g/mol. The predicted octanol–water partition coefficient (Wildman–Crippen LogP) is 2.89. The maximum atomic E-state index is 5.88. The molecule has 0 heterocycles. The van der Waals surface area contributed by atoms with E-state index >= 15 is 0 Å². The lowest BCUT2D eigenvalue weighted by molar-refractivity contribution is 0.0765. The summed E-state index contributed by atoms with van der Waals surface area (Å²) in [5.41, 5.74) is 7.56. The first-order valence-electron chi connectivity index (χ1n) is 6.42. The molecule has 18 heavy (non-hydrogen) atoms. The van der Waals surface area contributed by atoms with Crippen molar-refractivity contribution >= 4 is 11.4 Å². The van der Waals surface area contributed by atoms with Gasteiger partial charge in [-0.1, -0.05) is 0 Å². The summed E-state index contributed by atoms with van der Waals surface area (Å²) in [5, 5.41) is 3.32. The number of methoxy groups -OCH3 is 1. The van der Waals surface area contributed by atoms with Crippen LogP contribution in [0.2, 0.25) is 0 Å². The minimum absolute atomic E-state index is 0.312. The molecule has 1 rings (SSSR count). The third-order valence-electron chi connectivity index (χ3n) is 2.60. The molecule has 0 aliphatic carbocycles. The van der Waals surface area contributed by atoms with Crippen LogP contribution in [-0.4, -0.2) is 26.4 Å². The minimum atomic E-state index is 0.312. The van der Waals surface area contributed by atoms with Gasteiger partial charge in [-0.3, -0.25) is 0 Å². The van der Waals surface area contributed by atoms with Gasteiger partial charge in [0.15, 0.2) is 0 Å². The highest BCUT2D eigenvalue weighted by molar-refractivity contribution is 5.68. The number of rotatable bonds is 8. The highest BCUT2D eigenvalue weighted by Crippen LogP contribution is 2.24. The molecule has 0 aromatic heterocycles. The Kier molecular flexibility index (Phi) is 6.36. The van der Waals surface area contributed by atoms with Crippen LogP contribution in [0.1, 0.15) is 26.7 Å². The molecule has 1 aromatic rings. The Balaban J connectivity index is 2.26. The van der Waals surface area contributed by atoms with Crippen molar-refractivity contribution in [2.75, 3.05) is 31.3 Å². The first-order chi connectivity index (χ1) is 8.63. The lowest BCUT2D eigenvalue weighted by Gasteiger charge is -2.11. The van der Waals surface area contributed by atoms with E-state index in [9.17, 15) is 0 Å². The largest absolute Gasteiger partial charge is 0.497 e. The van der Waals surface area contributed by atoms with Crippen LogP contribution in [0, 0.1) is 0 Å². The van der Waals surface area contributed by atoms with Crippen molar-refractivity contribution in [3.05, 3.63) is 18.2 Å². The number of benzene rings is 1. The van der Waals surface area contributed by atoms with Gasteiger partial charge in [0.2, 0.25) is 0 Å². The predicted molar refractivity (Wildman–Crippen MR) is 76.2 cm³/mol. The highest BCUT2D eigenvalue weighted by Gasteiger charge is 2.00. The summed E-state index contributed by atoms with van der Waals surface area (Å²) < 4.78 is 10.6. The van der Waals surface area contributed by atoms with Crippen LogP contribution in [0.15, 0.2) is 18.2 Å². The third kappa shape index (κ3) is 5.27. The van der Waals surface area contributed by atoms with Crippen LogP contribution in [-0.2, 0) is 4.74 Å². The molecule has 0 amide bonds. The van der Waals surface area contributed by atoms with Crippen molar-refractivity contribution < 1.29 is 9.47 Å². The van der Waals surface area contributed by atoms with E-state index in [2.05, 4.69) is 19.2 Å². The van der Waals surface area contributed by atoms with Crippen molar-refractivity contribution in [3.63, 3.8) is 0 Å². The molecule has 0 aliphatic heterocycles. The Bertz CT molecular complexity index is 354. The summed E-state index contributed by atoms with van der Waals surface area (Å²) in [7, 11) is 1.65. The van der Waals surface area contributed by atoms with Crippen molar-refractivity contribution in [2.45, 2.75) is 32.8 Å². The van der Waals surface area contributed by atoms with Gasteiger partial charge in [-0.05, 0) is 38.8 Å². The second-order valence-electron chi connectivity index (χ2n) is 4.51. The number of hydrogen-bond acceptors (Lipinski definition) is 4. The van der Waals surface area contributed by atoms with Gasteiger partial charge in [0.05, 0.1) is 24.6 Å². The zero-order valence-electron chi connectivity index (χ0n) is 11.5. The second-order valence-corrected chi connectivity index (χ2v) is 4.51. The molecule has 0 fully saturated rings. The van der Waals surface area contributed by atoms with Crippen LogP contribution in [0.25, 0.3) is 0 Å². The fourth-order valence-corrected chi connectivity index (χ4v) is 1.58. The van der Waals surface area contributed by atoms with Gasteiger partial charge in [-0.2, -0.15) is 0 Å². The summed E-state index contributed by atoms with van der Waals surface area (Å²) in [4.78, 5) is 0. The zero-order valence-corrected chi connectivity index (χ0v) is 11.5. The molecule has 0 radical (unpaired) electrons. The molecule has 0 bridgehead atoms. The quantitative estimate of drug-likeness (QED) is 0.552. The Labute approximate surface area is 109 Å². The van der Waals surface area contributed by atoms with Crippen LogP contribution in [0.5, 0.6) is 5.75 Å². The van der Waals surface area contributed by atoms with Crippen molar-refractivity contribution in [1.29, 1.82) is 0 Å². The van der Waals surface area contributed by atoms with Crippen LogP contribution < -0.4 is 15.8 Å². The topological polar surface area (TPSA) is 56.5 Å². The molecule has 3 N–H and O–H groups in total. The average Bonchev–Trinajstić information content (AvgIpc) is 2.35. The Morgan fingerprint density at radius 1 is 1.28 bits per heavy atom. The smallest absolute Gasteiger partial charge is 0.121 e. The van der Waals surface area contributed by atoms with Crippen molar-refractivity contribution in [3.8, 4) is 5.75 Å². The standard InChI is InChI=1S/C14H24N2O2/c1-11(2)18-9-5-4-8-16-14-10-12(17-3)6-7-13(14)15/h6-7,10-11,16H,4-5,8-9,15H2,1-3H3. The lowest BCUT2D eigenvalue weighted by Crippen LogP contribution is -2.08. The minimum Gasteiger partial charge on any atom is -0.497 e. The van der Waals surface area contributed by atoms with Gasteiger partial charge in [0, 0.05) is 19.2 Å². The van der Waals surface area contributed by atoms with Crippen molar-refractivity contribution in [2.24, 2.45) is 0 Å². The fraction of sp³-hybridized carbons (Fsp3) is 0.571. The molecule has 0 saturated heterocycles. The lowest BCUT2D eigenvalue weighted by atomic mass is 10.2. The van der Waals surface area contributed by atoms with Gasteiger partial charge in [-0.25, -0.2) is 0 Å². The monoisotopic (exact) mass is 252 g/mol. The van der Waals surface area contributed by atoms with E-state index in [-0.39, 0.29) is 0 Å². The number of nitrogen functional groups attached to an aromatic ring is 1. The molecular formula is C14H24N2O2. The Hall–Kier alpha value is -1.42. The van der Waals surface area contributed by atoms with E-state index < -0.39 is 0 Å². The molecule has 102 valence electrons. The number of nitrogens with two attached hydrogens (primary N) is 1. The first-order valence-corrected chi connectivity index (χ1v) is 6.42. The summed E-state index contributed by atoms with van der Waals surface area (Å²) in [5.74, 6) is 0.815. The molecule has 0 spiro atoms. The number of anilines is 2. The summed E-state index contributed by atoms with van der Waals surface area (Å²) in [6.45, 7) is 5.80. The molecule has 0 aliphatic rings. The molecule has 4 nitrogen and oxygen atoms in total. The number of unbranched alkanes of at least 4 members (excludes halogenated alkanes) is 1. The van der Waals surface area contributed by atoms with Gasteiger partial charge < -0.3 is 20.5 Å². The second kappa shape index (κ2) is 7.82. The third-order valence-corrected chi connectivity index (χ3v) is 2.60. The van der Waals surface area contributed by atoms with Crippen LogP contribution in [0.3, 0.4) is 0 Å². The van der Waals surface area contributed by atoms with Crippen LogP contribution in [0.4, 0.5) is 11.4 Å². The number of hydrogen-bond donors (Lipinski definition) is 2. The van der Waals surface area contributed by atoms with Crippen LogP contribution >= 0.6 is 0 Å². The highest BCUT2D eigenvalue weighted by atomic mass is 16.5. The molecule has 4 heteroatoms. The van der Waals surface area contributed by atoms with E-state index in [1.165, 1.54) is 0 Å². The number of ether oxygens (including phenoxy) is 2. The maximum absolute atomic E-state index is 5.88. The number of nitrogens with one attached hydrogen (secondary N) is 1. The van der Waals surface area contributed by atoms with E-state index in [0.717, 1.165) is 43.1 Å². The zero-order chi connectivity index (χ0) is 13.4. The van der Waals surface area contributed by atoms with Gasteiger partial charge in [-0.15, -0.1) is 0 Å². The van der Waals surface area contributed by atoms with Crippen molar-refractivity contribution in [1.82, 2.24) is 0 Å². The normalized spacial score (nSPS) is 10.7. The summed E-state index contributed by atoms with van der Waals surface area (Å²) in [6, 6.07) is 5.62. The molecule has 1 aromatic carbocycles. The fourth-order valence-electron chi connectivity index (χ4n) is 1.58. The van der Waals surface area contributed by atoms with E-state index in [1.54, 1.807) is 7.11 Å². The molecule has 0 saturated carbocycles. The first kappa shape index (κ1) is 14.6. The van der Waals surface area contributed by atoms with E-state index in [1.807, 2.05) is 18.2 Å². The summed E-state index contributed by atoms with van der Waals surface area (Å²) in [6.07, 6.45) is 2.42. The molecule has 0 atom stereocenters. The van der Waals surface area contributed by atoms with Gasteiger partial charge in [0.25, 0.3) is 0 Å². The Morgan fingerprint density at radius 2 is 2.06 bits per heavy atom. The van der Waals surface area contributed by atoms with Gasteiger partial charge in [0.1, 0.15) is 5.75 Å². The van der Waals surface area contributed by atoms with E-state index in [4.69, 9.17) is 15.2 Å². The van der Waals surface area contributed by atoms with E-state index in [0.29, 0.717) is 6.10 Å². The Morgan fingerprint density at radius 3 is 2.72 bits per heavy atom. The SMILES string of the molecule is COc1ccc(N)c(NCCCCOC(C)C)c1.